The van der Waals surface area contributed by atoms with Gasteiger partial charge in [0.15, 0.2) is 0 Å². The molecule has 0 bridgehead atoms. The van der Waals surface area contributed by atoms with E-state index in [0.29, 0.717) is 5.02 Å². The monoisotopic (exact) mass is 386 g/mol. The highest BCUT2D eigenvalue weighted by atomic mass is 35.5. The topological polar surface area (TPSA) is 35.5 Å². The maximum atomic E-state index is 12.9. The van der Waals surface area contributed by atoms with E-state index >= 15 is 0 Å². The summed E-state index contributed by atoms with van der Waals surface area (Å²) in [7, 11) is -0.441. The van der Waals surface area contributed by atoms with Crippen molar-refractivity contribution in [1.29, 1.82) is 0 Å². The van der Waals surface area contributed by atoms with Crippen molar-refractivity contribution in [2.45, 2.75) is 6.16 Å². The predicted molar refractivity (Wildman–Crippen MR) is 108 cm³/mol. The van der Waals surface area contributed by atoms with Gasteiger partial charge in [-0.15, -0.1) is 0 Å². The summed E-state index contributed by atoms with van der Waals surface area (Å²) < 4.78 is 23.3. The maximum Gasteiger partial charge on any atom is 0.334 e. The van der Waals surface area contributed by atoms with Crippen molar-refractivity contribution in [2.75, 3.05) is 14.2 Å². The van der Waals surface area contributed by atoms with Gasteiger partial charge in [0.1, 0.15) is 0 Å². The molecule has 0 fully saturated rings. The third kappa shape index (κ3) is 4.08. The molecule has 3 rings (SSSR count). The lowest BCUT2D eigenvalue weighted by Gasteiger charge is -2.20. The van der Waals surface area contributed by atoms with E-state index in [-0.39, 0.29) is 6.16 Å². The van der Waals surface area contributed by atoms with Crippen LogP contribution in [0.4, 0.5) is 0 Å². The summed E-state index contributed by atoms with van der Waals surface area (Å²) in [5.74, 6) is 0. The summed E-state index contributed by atoms with van der Waals surface area (Å²) in [6.45, 7) is 0. The Labute approximate surface area is 159 Å². The van der Waals surface area contributed by atoms with Crippen LogP contribution in [-0.4, -0.2) is 14.2 Å². The van der Waals surface area contributed by atoms with Crippen molar-refractivity contribution in [3.63, 3.8) is 0 Å². The molecule has 0 unspecified atom stereocenters. The Kier molecular flexibility index (Phi) is 5.95. The van der Waals surface area contributed by atoms with Gasteiger partial charge in [-0.1, -0.05) is 72.3 Å². The zero-order valence-electron chi connectivity index (χ0n) is 14.7. The molecule has 0 atom stereocenters. The Morgan fingerprint density at radius 3 is 1.62 bits per heavy atom. The lowest BCUT2D eigenvalue weighted by molar-refractivity contribution is 0.275. The minimum Gasteiger partial charge on any atom is -0.312 e. The normalized spacial score (nSPS) is 11.5. The van der Waals surface area contributed by atoms with E-state index in [9.17, 15) is 4.57 Å². The van der Waals surface area contributed by atoms with E-state index in [1.165, 1.54) is 14.2 Å². The van der Waals surface area contributed by atoms with Crippen molar-refractivity contribution in [2.24, 2.45) is 0 Å². The molecule has 0 heterocycles. The van der Waals surface area contributed by atoms with Crippen LogP contribution < -0.4 is 0 Å². The van der Waals surface area contributed by atoms with Crippen molar-refractivity contribution < 1.29 is 13.6 Å². The molecule has 0 aliphatic rings. The predicted octanol–water partition coefficient (Wildman–Crippen LogP) is 6.66. The lowest BCUT2D eigenvalue weighted by atomic mass is 9.92. The van der Waals surface area contributed by atoms with Crippen molar-refractivity contribution >= 4 is 19.2 Å². The molecule has 0 saturated heterocycles. The van der Waals surface area contributed by atoms with Crippen LogP contribution in [0.25, 0.3) is 22.3 Å². The summed E-state index contributed by atoms with van der Waals surface area (Å²) in [6.07, 6.45) is 0.158. The van der Waals surface area contributed by atoms with Crippen LogP contribution in [0.3, 0.4) is 0 Å². The molecular weight excluding hydrogens is 367 g/mol. The first-order valence-corrected chi connectivity index (χ1v) is 10.3. The van der Waals surface area contributed by atoms with E-state index in [1.54, 1.807) is 0 Å². The molecule has 0 saturated carbocycles. The zero-order chi connectivity index (χ0) is 18.6. The number of rotatable bonds is 6. The summed E-state index contributed by atoms with van der Waals surface area (Å²) in [4.78, 5) is 0. The molecule has 0 amide bonds. The van der Waals surface area contributed by atoms with Gasteiger partial charge in [0.25, 0.3) is 0 Å². The summed E-state index contributed by atoms with van der Waals surface area (Å²) in [6, 6.07) is 23.6. The van der Waals surface area contributed by atoms with Gasteiger partial charge in [-0.25, -0.2) is 0 Å². The van der Waals surface area contributed by atoms with Crippen LogP contribution in [0.1, 0.15) is 5.56 Å². The zero-order valence-corrected chi connectivity index (χ0v) is 16.3. The largest absolute Gasteiger partial charge is 0.334 e. The molecular formula is C21H20ClO3P. The Hall–Kier alpha value is -1.90. The highest BCUT2D eigenvalue weighted by molar-refractivity contribution is 7.53. The van der Waals surface area contributed by atoms with E-state index in [4.69, 9.17) is 20.6 Å². The number of hydrogen-bond acceptors (Lipinski definition) is 3. The highest BCUT2D eigenvalue weighted by Gasteiger charge is 2.26. The van der Waals surface area contributed by atoms with E-state index < -0.39 is 7.60 Å². The average molecular weight is 387 g/mol. The van der Waals surface area contributed by atoms with E-state index in [2.05, 4.69) is 0 Å². The first-order chi connectivity index (χ1) is 12.6. The molecule has 0 N–H and O–H groups in total. The van der Waals surface area contributed by atoms with Gasteiger partial charge in [-0.05, 0) is 39.9 Å². The second-order valence-corrected chi connectivity index (χ2v) is 8.55. The van der Waals surface area contributed by atoms with Crippen LogP contribution in [0.2, 0.25) is 5.02 Å². The molecule has 3 aromatic rings. The average Bonchev–Trinajstić information content (AvgIpc) is 2.70. The quantitative estimate of drug-likeness (QED) is 0.444. The molecule has 3 aromatic carbocycles. The molecule has 134 valence electrons. The summed E-state index contributed by atoms with van der Waals surface area (Å²) >= 11 is 6.43. The Morgan fingerprint density at radius 1 is 0.808 bits per heavy atom. The van der Waals surface area contributed by atoms with Crippen LogP contribution in [-0.2, 0) is 19.8 Å². The number of benzene rings is 3. The van der Waals surface area contributed by atoms with E-state index in [0.717, 1.165) is 27.8 Å². The molecule has 5 heteroatoms. The van der Waals surface area contributed by atoms with Gasteiger partial charge in [-0.3, -0.25) is 4.57 Å². The fourth-order valence-electron chi connectivity index (χ4n) is 2.95. The molecule has 0 radical (unpaired) electrons. The van der Waals surface area contributed by atoms with Crippen molar-refractivity contribution in [3.05, 3.63) is 83.4 Å². The fourth-order valence-corrected chi connectivity index (χ4v) is 4.31. The van der Waals surface area contributed by atoms with Crippen LogP contribution in [0.5, 0.6) is 0 Å². The third-order valence-corrected chi connectivity index (χ3v) is 6.33. The second kappa shape index (κ2) is 8.20. The third-order valence-electron chi connectivity index (χ3n) is 4.29. The Bertz CT molecular complexity index is 858. The molecule has 26 heavy (non-hydrogen) atoms. The lowest BCUT2D eigenvalue weighted by Crippen LogP contribution is -1.99. The van der Waals surface area contributed by atoms with Crippen LogP contribution in [0.15, 0.2) is 72.8 Å². The summed E-state index contributed by atoms with van der Waals surface area (Å²) in [5.41, 5.74) is 4.73. The first-order valence-electron chi connectivity index (χ1n) is 8.20. The number of hydrogen-bond donors (Lipinski definition) is 0. The van der Waals surface area contributed by atoms with E-state index in [1.807, 2.05) is 72.8 Å². The minimum atomic E-state index is -3.26. The molecule has 0 spiro atoms. The Balaban J connectivity index is 2.27. The van der Waals surface area contributed by atoms with Crippen LogP contribution >= 0.6 is 19.2 Å². The maximum absolute atomic E-state index is 12.9. The molecule has 0 aromatic heterocycles. The number of halogens is 1. The van der Waals surface area contributed by atoms with Gasteiger partial charge in [-0.2, -0.15) is 0 Å². The van der Waals surface area contributed by atoms with Crippen molar-refractivity contribution in [1.82, 2.24) is 0 Å². The van der Waals surface area contributed by atoms with Gasteiger partial charge >= 0.3 is 7.60 Å². The fraction of sp³-hybridized carbons (Fsp3) is 0.143. The van der Waals surface area contributed by atoms with Gasteiger partial charge < -0.3 is 9.05 Å². The van der Waals surface area contributed by atoms with Crippen LogP contribution in [0, 0.1) is 0 Å². The standard InChI is InChI=1S/C21H20ClO3P/c1-24-26(23,25-2)15-21-19(16-9-5-3-6-10-16)13-18(22)14-20(21)17-11-7-4-8-12-17/h3-14H,15H2,1-2H3. The summed E-state index contributed by atoms with van der Waals surface area (Å²) in [5, 5.41) is 0.621. The van der Waals surface area contributed by atoms with Crippen molar-refractivity contribution in [3.8, 4) is 22.3 Å². The van der Waals surface area contributed by atoms with Gasteiger partial charge in [0.2, 0.25) is 0 Å². The minimum absolute atomic E-state index is 0.158. The second-order valence-electron chi connectivity index (χ2n) is 5.85. The molecule has 3 nitrogen and oxygen atoms in total. The Morgan fingerprint density at radius 2 is 1.23 bits per heavy atom. The van der Waals surface area contributed by atoms with Gasteiger partial charge in [0, 0.05) is 19.2 Å². The highest BCUT2D eigenvalue weighted by Crippen LogP contribution is 2.53. The smallest absolute Gasteiger partial charge is 0.312 e. The molecule has 0 aliphatic heterocycles. The van der Waals surface area contributed by atoms with Gasteiger partial charge in [0.05, 0.1) is 6.16 Å². The molecule has 0 aliphatic carbocycles. The first kappa shape index (κ1) is 18.9. The SMILES string of the molecule is COP(=O)(Cc1c(-c2ccccc2)cc(Cl)cc1-c1ccccc1)OC.